The van der Waals surface area contributed by atoms with Crippen molar-refractivity contribution in [1.29, 1.82) is 5.26 Å². The van der Waals surface area contributed by atoms with Gasteiger partial charge in [0.05, 0.1) is 11.3 Å². The first-order valence-electron chi connectivity index (χ1n) is 9.30. The molecule has 0 aromatic heterocycles. The third kappa shape index (κ3) is 3.08. The van der Waals surface area contributed by atoms with Gasteiger partial charge in [-0.15, -0.1) is 0 Å². The number of nitrogens with zero attached hydrogens (tertiary/aromatic N) is 3. The average Bonchev–Trinajstić information content (AvgIpc) is 3.16. The fraction of sp³-hybridized carbons (Fsp3) is 0.318. The lowest BCUT2D eigenvalue weighted by Crippen LogP contribution is -2.57. The van der Waals surface area contributed by atoms with E-state index in [0.717, 1.165) is 19.3 Å². The molecule has 4 rings (SSSR count). The lowest BCUT2D eigenvalue weighted by atomic mass is 10.0. The van der Waals surface area contributed by atoms with E-state index in [-0.39, 0.29) is 24.4 Å². The Hall–Kier alpha value is -3.13. The summed E-state index contributed by atoms with van der Waals surface area (Å²) in [6.07, 6.45) is 3.23. The van der Waals surface area contributed by atoms with Gasteiger partial charge in [0.1, 0.15) is 12.6 Å². The number of hydrogen-bond acceptors (Lipinski definition) is 3. The molecule has 1 fully saturated rings. The Labute approximate surface area is 158 Å². The predicted octanol–water partition coefficient (Wildman–Crippen LogP) is 2.92. The molecule has 27 heavy (non-hydrogen) atoms. The molecule has 5 heteroatoms. The highest BCUT2D eigenvalue weighted by Gasteiger charge is 2.34. The molecular formula is C22H21N3O2. The van der Waals surface area contributed by atoms with E-state index in [1.807, 2.05) is 31.2 Å². The second-order valence-corrected chi connectivity index (χ2v) is 7.25. The van der Waals surface area contributed by atoms with Crippen molar-refractivity contribution >= 4 is 17.5 Å². The van der Waals surface area contributed by atoms with Gasteiger partial charge in [0.2, 0.25) is 5.91 Å². The average molecular weight is 359 g/mol. The van der Waals surface area contributed by atoms with Crippen molar-refractivity contribution < 1.29 is 9.59 Å². The highest BCUT2D eigenvalue weighted by molar-refractivity contribution is 6.02. The minimum atomic E-state index is -0.162. The molecule has 136 valence electrons. The zero-order valence-electron chi connectivity index (χ0n) is 15.3. The summed E-state index contributed by atoms with van der Waals surface area (Å²) in [6, 6.07) is 15.0. The molecule has 2 amide bonds. The molecule has 1 heterocycles. The van der Waals surface area contributed by atoms with Crippen LogP contribution in [0.15, 0.2) is 42.5 Å². The maximum Gasteiger partial charge on any atom is 0.254 e. The summed E-state index contributed by atoms with van der Waals surface area (Å²) >= 11 is 0. The van der Waals surface area contributed by atoms with Crippen molar-refractivity contribution in [3.8, 4) is 6.07 Å². The Kier molecular flexibility index (Phi) is 4.41. The van der Waals surface area contributed by atoms with Gasteiger partial charge in [-0.1, -0.05) is 18.2 Å². The molecule has 2 aromatic carbocycles. The number of piperazine rings is 1. The molecule has 0 radical (unpaired) electrons. The van der Waals surface area contributed by atoms with E-state index in [0.29, 0.717) is 23.4 Å². The Balaban J connectivity index is 1.56. The summed E-state index contributed by atoms with van der Waals surface area (Å²) in [6.45, 7) is 2.35. The molecule has 0 spiro atoms. The van der Waals surface area contributed by atoms with Crippen LogP contribution < -0.4 is 4.90 Å². The predicted molar refractivity (Wildman–Crippen MR) is 102 cm³/mol. The van der Waals surface area contributed by atoms with Crippen LogP contribution in [-0.2, 0) is 17.6 Å². The Morgan fingerprint density at radius 2 is 1.93 bits per heavy atom. The minimum Gasteiger partial charge on any atom is -0.325 e. The van der Waals surface area contributed by atoms with Crippen molar-refractivity contribution in [3.63, 3.8) is 0 Å². The first-order chi connectivity index (χ1) is 13.1. The standard InChI is InChI=1S/C22H21N3O2/c1-15-13-25(20-8-3-2-5-19(20)12-23)21(26)14-24(15)22(27)18-10-9-16-6-4-7-17(16)11-18/h2-3,5,8-11,15H,4,6-7,13-14H2,1H3/t15-/m1/s1. The molecule has 1 aliphatic heterocycles. The largest absolute Gasteiger partial charge is 0.325 e. The number of carbonyl (C=O) groups excluding carboxylic acids is 2. The van der Waals surface area contributed by atoms with Gasteiger partial charge in [-0.3, -0.25) is 9.59 Å². The van der Waals surface area contributed by atoms with Crippen LogP contribution in [0.25, 0.3) is 0 Å². The van der Waals surface area contributed by atoms with Crippen molar-refractivity contribution in [2.45, 2.75) is 32.2 Å². The van der Waals surface area contributed by atoms with Crippen molar-refractivity contribution in [1.82, 2.24) is 4.90 Å². The highest BCUT2D eigenvalue weighted by Crippen LogP contribution is 2.26. The number of hydrogen-bond donors (Lipinski definition) is 0. The van der Waals surface area contributed by atoms with Gasteiger partial charge < -0.3 is 9.80 Å². The number of para-hydroxylation sites is 1. The first kappa shape index (κ1) is 17.3. The van der Waals surface area contributed by atoms with Crippen molar-refractivity contribution in [2.24, 2.45) is 0 Å². The quantitative estimate of drug-likeness (QED) is 0.828. The summed E-state index contributed by atoms with van der Waals surface area (Å²) in [7, 11) is 0. The van der Waals surface area contributed by atoms with Crippen LogP contribution in [0.4, 0.5) is 5.69 Å². The summed E-state index contributed by atoms with van der Waals surface area (Å²) in [5.41, 5.74) is 4.31. The van der Waals surface area contributed by atoms with Crippen LogP contribution >= 0.6 is 0 Å². The summed E-state index contributed by atoms with van der Waals surface area (Å²) < 4.78 is 0. The van der Waals surface area contributed by atoms with E-state index in [9.17, 15) is 14.9 Å². The fourth-order valence-electron chi connectivity index (χ4n) is 4.03. The van der Waals surface area contributed by atoms with Gasteiger partial charge in [-0.2, -0.15) is 5.26 Å². The highest BCUT2D eigenvalue weighted by atomic mass is 16.2. The Morgan fingerprint density at radius 3 is 2.74 bits per heavy atom. The Bertz CT molecular complexity index is 960. The number of rotatable bonds is 2. The third-order valence-corrected chi connectivity index (χ3v) is 5.51. The molecule has 0 unspecified atom stereocenters. The van der Waals surface area contributed by atoms with E-state index in [2.05, 4.69) is 6.07 Å². The topological polar surface area (TPSA) is 64.4 Å². The van der Waals surface area contributed by atoms with E-state index in [4.69, 9.17) is 0 Å². The zero-order chi connectivity index (χ0) is 19.0. The number of nitriles is 1. The van der Waals surface area contributed by atoms with E-state index in [1.165, 1.54) is 11.1 Å². The summed E-state index contributed by atoms with van der Waals surface area (Å²) in [4.78, 5) is 29.1. The van der Waals surface area contributed by atoms with Gasteiger partial charge in [-0.25, -0.2) is 0 Å². The number of aryl methyl sites for hydroxylation is 2. The molecule has 0 saturated carbocycles. The van der Waals surface area contributed by atoms with Crippen LogP contribution in [-0.4, -0.2) is 35.8 Å². The lowest BCUT2D eigenvalue weighted by molar-refractivity contribution is -0.121. The second-order valence-electron chi connectivity index (χ2n) is 7.25. The molecule has 2 aromatic rings. The van der Waals surface area contributed by atoms with Crippen LogP contribution in [0.3, 0.4) is 0 Å². The second kappa shape index (κ2) is 6.88. The smallest absolute Gasteiger partial charge is 0.254 e. The van der Waals surface area contributed by atoms with Gasteiger partial charge in [0, 0.05) is 18.2 Å². The molecule has 0 N–H and O–H groups in total. The molecule has 1 saturated heterocycles. The monoisotopic (exact) mass is 359 g/mol. The molecule has 0 bridgehead atoms. The molecule has 1 atom stereocenters. The number of benzene rings is 2. The molecule has 2 aliphatic rings. The maximum absolute atomic E-state index is 13.0. The number of carbonyl (C=O) groups is 2. The van der Waals surface area contributed by atoms with E-state index < -0.39 is 0 Å². The fourth-order valence-corrected chi connectivity index (χ4v) is 4.03. The van der Waals surface area contributed by atoms with Gasteiger partial charge in [0.15, 0.2) is 0 Å². The maximum atomic E-state index is 13.0. The van der Waals surface area contributed by atoms with Gasteiger partial charge in [-0.05, 0) is 61.6 Å². The van der Waals surface area contributed by atoms with Crippen LogP contribution in [0.5, 0.6) is 0 Å². The number of anilines is 1. The van der Waals surface area contributed by atoms with Crippen molar-refractivity contribution in [2.75, 3.05) is 18.0 Å². The van der Waals surface area contributed by atoms with Crippen LogP contribution in [0.2, 0.25) is 0 Å². The SMILES string of the molecule is C[C@@H]1CN(c2ccccc2C#N)C(=O)CN1C(=O)c1ccc2c(c1)CCC2. The molecule has 1 aliphatic carbocycles. The number of amides is 2. The zero-order valence-corrected chi connectivity index (χ0v) is 15.3. The summed E-state index contributed by atoms with van der Waals surface area (Å²) in [5, 5.41) is 9.31. The Morgan fingerprint density at radius 1 is 1.15 bits per heavy atom. The van der Waals surface area contributed by atoms with E-state index in [1.54, 1.807) is 28.0 Å². The van der Waals surface area contributed by atoms with Crippen LogP contribution in [0, 0.1) is 11.3 Å². The van der Waals surface area contributed by atoms with Gasteiger partial charge in [0.25, 0.3) is 5.91 Å². The normalized spacial score (nSPS) is 19.0. The van der Waals surface area contributed by atoms with Gasteiger partial charge >= 0.3 is 0 Å². The number of fused-ring (bicyclic) bond motifs is 1. The molecular weight excluding hydrogens is 338 g/mol. The third-order valence-electron chi connectivity index (χ3n) is 5.51. The molecule has 5 nitrogen and oxygen atoms in total. The van der Waals surface area contributed by atoms with Crippen LogP contribution in [0.1, 0.15) is 40.4 Å². The first-order valence-corrected chi connectivity index (χ1v) is 9.30. The summed E-state index contributed by atoms with van der Waals surface area (Å²) in [5.74, 6) is -0.260. The van der Waals surface area contributed by atoms with Crippen molar-refractivity contribution in [3.05, 3.63) is 64.7 Å². The lowest BCUT2D eigenvalue weighted by Gasteiger charge is -2.39. The minimum absolute atomic E-state index is 0.0247. The van der Waals surface area contributed by atoms with E-state index >= 15 is 0 Å².